The molecule has 2 heterocycles. The van der Waals surface area contributed by atoms with E-state index < -0.39 is 17.8 Å². The van der Waals surface area contributed by atoms with Crippen molar-refractivity contribution in [2.45, 2.75) is 51.6 Å². The van der Waals surface area contributed by atoms with Crippen LogP contribution in [0.2, 0.25) is 0 Å². The minimum absolute atomic E-state index is 0.0531. The smallest absolute Gasteiger partial charge is 0.355 e. The Hall–Kier alpha value is -2.29. The second kappa shape index (κ2) is 11.7. The summed E-state index contributed by atoms with van der Waals surface area (Å²) in [6.45, 7) is 6.77. The monoisotopic (exact) mass is 468 g/mol. The highest BCUT2D eigenvalue weighted by molar-refractivity contribution is 5.89. The lowest BCUT2D eigenvalue weighted by atomic mass is 9.81. The number of anilines is 1. The number of piperidine rings is 2. The van der Waals surface area contributed by atoms with Crippen molar-refractivity contribution in [2.75, 3.05) is 44.6 Å². The van der Waals surface area contributed by atoms with E-state index in [-0.39, 0.29) is 23.4 Å². The van der Waals surface area contributed by atoms with Gasteiger partial charge in [-0.2, -0.15) is 13.2 Å². The SMILES string of the molecule is CC[C@H]1CN(C(=O)Nc2cccc(C(F)(F)F)c2)CC[C@H]1CC(=O)NCCN1CCCCC1. The summed E-state index contributed by atoms with van der Waals surface area (Å²) in [5.41, 5.74) is -0.671. The summed E-state index contributed by atoms with van der Waals surface area (Å²) in [4.78, 5) is 29.2. The molecule has 0 radical (unpaired) electrons. The molecule has 0 aromatic heterocycles. The van der Waals surface area contributed by atoms with Crippen molar-refractivity contribution in [3.05, 3.63) is 29.8 Å². The second-order valence-electron chi connectivity index (χ2n) is 9.13. The van der Waals surface area contributed by atoms with E-state index in [9.17, 15) is 22.8 Å². The van der Waals surface area contributed by atoms with Gasteiger partial charge in [-0.15, -0.1) is 0 Å². The molecule has 0 bridgehead atoms. The lowest BCUT2D eigenvalue weighted by Gasteiger charge is -2.38. The zero-order chi connectivity index (χ0) is 23.8. The Balaban J connectivity index is 1.45. The van der Waals surface area contributed by atoms with Gasteiger partial charge in [0.15, 0.2) is 0 Å². The van der Waals surface area contributed by atoms with E-state index >= 15 is 0 Å². The van der Waals surface area contributed by atoms with Gasteiger partial charge in [0.1, 0.15) is 0 Å². The number of urea groups is 1. The topological polar surface area (TPSA) is 64.7 Å². The van der Waals surface area contributed by atoms with Gasteiger partial charge in [-0.25, -0.2) is 4.79 Å². The quantitative estimate of drug-likeness (QED) is 0.616. The average molecular weight is 469 g/mol. The molecule has 0 spiro atoms. The van der Waals surface area contributed by atoms with Gasteiger partial charge in [0.2, 0.25) is 5.91 Å². The highest BCUT2D eigenvalue weighted by atomic mass is 19.4. The lowest BCUT2D eigenvalue weighted by molar-refractivity contribution is -0.137. The molecule has 2 saturated heterocycles. The predicted molar refractivity (Wildman–Crippen MR) is 122 cm³/mol. The normalized spacial score (nSPS) is 22.1. The number of halogens is 3. The Morgan fingerprint density at radius 1 is 1.09 bits per heavy atom. The number of nitrogens with one attached hydrogen (secondary N) is 2. The molecule has 1 aromatic carbocycles. The summed E-state index contributed by atoms with van der Waals surface area (Å²) in [6.07, 6.45) is 1.27. The molecule has 2 atom stereocenters. The van der Waals surface area contributed by atoms with E-state index in [0.717, 1.165) is 38.2 Å². The number of hydrogen-bond donors (Lipinski definition) is 2. The number of carbonyl (C=O) groups excluding carboxylic acids is 2. The fourth-order valence-corrected chi connectivity index (χ4v) is 4.82. The van der Waals surface area contributed by atoms with Gasteiger partial charge >= 0.3 is 12.2 Å². The molecular formula is C24H35F3N4O2. The summed E-state index contributed by atoms with van der Waals surface area (Å²) in [5.74, 6) is 0.429. The maximum absolute atomic E-state index is 12.9. The summed E-state index contributed by atoms with van der Waals surface area (Å²) < 4.78 is 38.8. The van der Waals surface area contributed by atoms with Crippen molar-refractivity contribution in [2.24, 2.45) is 11.8 Å². The molecule has 33 heavy (non-hydrogen) atoms. The Bertz CT molecular complexity index is 796. The van der Waals surface area contributed by atoms with Gasteiger partial charge in [-0.3, -0.25) is 4.79 Å². The molecule has 2 aliphatic rings. The number of alkyl halides is 3. The number of nitrogens with zero attached hydrogens (tertiary/aromatic N) is 2. The van der Waals surface area contributed by atoms with Crippen LogP contribution in [0, 0.1) is 11.8 Å². The number of benzene rings is 1. The van der Waals surface area contributed by atoms with Crippen LogP contribution in [0.15, 0.2) is 24.3 Å². The van der Waals surface area contributed by atoms with Crippen LogP contribution in [0.1, 0.15) is 51.0 Å². The third kappa shape index (κ3) is 7.62. The molecule has 0 aliphatic carbocycles. The minimum atomic E-state index is -4.46. The molecule has 1 aromatic rings. The Morgan fingerprint density at radius 3 is 2.55 bits per heavy atom. The number of hydrogen-bond acceptors (Lipinski definition) is 3. The molecule has 2 N–H and O–H groups in total. The maximum atomic E-state index is 12.9. The van der Waals surface area contributed by atoms with Crippen LogP contribution in [-0.2, 0) is 11.0 Å². The van der Waals surface area contributed by atoms with E-state index in [1.54, 1.807) is 4.90 Å². The van der Waals surface area contributed by atoms with Gasteiger partial charge in [0, 0.05) is 38.3 Å². The van der Waals surface area contributed by atoms with Crippen molar-refractivity contribution < 1.29 is 22.8 Å². The summed E-state index contributed by atoms with van der Waals surface area (Å²) in [7, 11) is 0. The maximum Gasteiger partial charge on any atom is 0.416 e. The zero-order valence-corrected chi connectivity index (χ0v) is 19.3. The highest BCUT2D eigenvalue weighted by Crippen LogP contribution is 2.32. The van der Waals surface area contributed by atoms with Crippen molar-refractivity contribution in [3.63, 3.8) is 0 Å². The number of rotatable bonds is 7. The second-order valence-corrected chi connectivity index (χ2v) is 9.13. The molecule has 6 nitrogen and oxygen atoms in total. The van der Waals surface area contributed by atoms with Crippen LogP contribution in [0.3, 0.4) is 0 Å². The fraction of sp³-hybridized carbons (Fsp3) is 0.667. The molecule has 3 rings (SSSR count). The van der Waals surface area contributed by atoms with Gasteiger partial charge in [-0.1, -0.05) is 25.8 Å². The van der Waals surface area contributed by atoms with Gasteiger partial charge in [-0.05, 0) is 62.4 Å². The largest absolute Gasteiger partial charge is 0.416 e. The van der Waals surface area contributed by atoms with E-state index in [1.807, 2.05) is 6.92 Å². The van der Waals surface area contributed by atoms with Crippen LogP contribution in [0.4, 0.5) is 23.7 Å². The first kappa shape index (κ1) is 25.3. The minimum Gasteiger partial charge on any atom is -0.355 e. The van der Waals surface area contributed by atoms with Crippen LogP contribution < -0.4 is 10.6 Å². The summed E-state index contributed by atoms with van der Waals surface area (Å²) >= 11 is 0. The van der Waals surface area contributed by atoms with Crippen molar-refractivity contribution >= 4 is 17.6 Å². The Kier molecular flexibility index (Phi) is 9.00. The summed E-state index contributed by atoms with van der Waals surface area (Å²) in [6, 6.07) is 4.24. The highest BCUT2D eigenvalue weighted by Gasteiger charge is 2.33. The molecule has 184 valence electrons. The molecular weight excluding hydrogens is 433 g/mol. The van der Waals surface area contributed by atoms with Crippen LogP contribution in [0.25, 0.3) is 0 Å². The first-order chi connectivity index (χ1) is 15.8. The van der Waals surface area contributed by atoms with Crippen molar-refractivity contribution in [1.29, 1.82) is 0 Å². The third-order valence-electron chi connectivity index (χ3n) is 6.79. The number of carbonyl (C=O) groups is 2. The van der Waals surface area contributed by atoms with Gasteiger partial charge < -0.3 is 20.4 Å². The van der Waals surface area contributed by atoms with E-state index in [2.05, 4.69) is 15.5 Å². The number of likely N-dealkylation sites (tertiary alicyclic amines) is 2. The van der Waals surface area contributed by atoms with E-state index in [1.165, 1.54) is 31.4 Å². The summed E-state index contributed by atoms with van der Waals surface area (Å²) in [5, 5.41) is 5.63. The lowest BCUT2D eigenvalue weighted by Crippen LogP contribution is -2.46. The van der Waals surface area contributed by atoms with Crippen molar-refractivity contribution in [1.82, 2.24) is 15.1 Å². The molecule has 0 saturated carbocycles. The average Bonchev–Trinajstić information content (AvgIpc) is 2.79. The Labute approximate surface area is 193 Å². The first-order valence-corrected chi connectivity index (χ1v) is 12.0. The van der Waals surface area contributed by atoms with E-state index in [0.29, 0.717) is 32.5 Å². The molecule has 2 aliphatic heterocycles. The molecule has 3 amide bonds. The molecule has 9 heteroatoms. The zero-order valence-electron chi connectivity index (χ0n) is 19.3. The van der Waals surface area contributed by atoms with Gasteiger partial charge in [0.05, 0.1) is 5.56 Å². The third-order valence-corrected chi connectivity index (χ3v) is 6.79. The van der Waals surface area contributed by atoms with Crippen LogP contribution in [0.5, 0.6) is 0 Å². The van der Waals surface area contributed by atoms with Gasteiger partial charge in [0.25, 0.3) is 0 Å². The first-order valence-electron chi connectivity index (χ1n) is 12.0. The van der Waals surface area contributed by atoms with E-state index in [4.69, 9.17) is 0 Å². The van der Waals surface area contributed by atoms with Crippen LogP contribution >= 0.6 is 0 Å². The number of amides is 3. The van der Waals surface area contributed by atoms with Crippen LogP contribution in [-0.4, -0.2) is 61.0 Å². The standard InChI is InChI=1S/C24H35F3N4O2/c1-2-18-17-31(23(33)29-21-8-6-7-20(16-21)24(25,26)27)13-9-19(18)15-22(32)28-10-14-30-11-4-3-5-12-30/h6-8,16,18-19H,2-5,9-15,17H2,1H3,(H,28,32)(H,29,33)/t18-,19-/m0/s1. The molecule has 0 unspecified atom stereocenters. The fourth-order valence-electron chi connectivity index (χ4n) is 4.82. The Morgan fingerprint density at radius 2 is 1.85 bits per heavy atom. The molecule has 2 fully saturated rings. The predicted octanol–water partition coefficient (Wildman–Crippen LogP) is 4.58. The van der Waals surface area contributed by atoms with Crippen molar-refractivity contribution in [3.8, 4) is 0 Å².